The largest absolute Gasteiger partial charge is 0.493 e. The average Bonchev–Trinajstić information content (AvgIpc) is 3.01. The van der Waals surface area contributed by atoms with Gasteiger partial charge in [-0.3, -0.25) is 0 Å². The van der Waals surface area contributed by atoms with Gasteiger partial charge in [-0.25, -0.2) is 4.98 Å². The van der Waals surface area contributed by atoms with Gasteiger partial charge in [-0.15, -0.1) is 0 Å². The highest BCUT2D eigenvalue weighted by Gasteiger charge is 2.13. The Hall–Kier alpha value is -2.69. The predicted molar refractivity (Wildman–Crippen MR) is 85.0 cm³/mol. The van der Waals surface area contributed by atoms with Crippen molar-refractivity contribution in [1.29, 1.82) is 0 Å². The lowest BCUT2D eigenvalue weighted by Crippen LogP contribution is -1.98. The molecule has 0 spiro atoms. The predicted octanol–water partition coefficient (Wildman–Crippen LogP) is 3.18. The molecule has 1 aromatic carbocycles. The zero-order valence-electron chi connectivity index (χ0n) is 12.8. The summed E-state index contributed by atoms with van der Waals surface area (Å²) in [6.45, 7) is 0. The first kappa shape index (κ1) is 14.3. The maximum absolute atomic E-state index is 5.39. The lowest BCUT2D eigenvalue weighted by atomic mass is 10.0. The molecule has 0 fully saturated rings. The number of nitrogens with one attached hydrogen (secondary N) is 1. The van der Waals surface area contributed by atoms with Crippen LogP contribution in [0.5, 0.6) is 17.2 Å². The van der Waals surface area contributed by atoms with E-state index < -0.39 is 0 Å². The van der Waals surface area contributed by atoms with Crippen molar-refractivity contribution in [3.63, 3.8) is 0 Å². The van der Waals surface area contributed by atoms with Crippen molar-refractivity contribution < 1.29 is 14.2 Å². The summed E-state index contributed by atoms with van der Waals surface area (Å²) in [5.41, 5.74) is 3.10. The smallest absolute Gasteiger partial charge is 0.203 e. The molecule has 2 heterocycles. The van der Waals surface area contributed by atoms with Crippen LogP contribution in [0.2, 0.25) is 0 Å². The average molecular weight is 298 g/mol. The van der Waals surface area contributed by atoms with Gasteiger partial charge in [0.25, 0.3) is 0 Å². The summed E-state index contributed by atoms with van der Waals surface area (Å²) in [6, 6.07) is 8.06. The number of fused-ring (bicyclic) bond motifs is 1. The van der Waals surface area contributed by atoms with Crippen molar-refractivity contribution in [2.24, 2.45) is 0 Å². The Kier molecular flexibility index (Phi) is 3.87. The van der Waals surface area contributed by atoms with E-state index in [-0.39, 0.29) is 0 Å². The number of H-pyrrole nitrogens is 1. The lowest BCUT2D eigenvalue weighted by Gasteiger charge is -2.14. The Balaban J connectivity index is 1.97. The number of rotatable bonds is 5. The van der Waals surface area contributed by atoms with Crippen molar-refractivity contribution in [1.82, 2.24) is 9.97 Å². The molecule has 0 aliphatic carbocycles. The Morgan fingerprint density at radius 3 is 2.32 bits per heavy atom. The third-order valence-electron chi connectivity index (χ3n) is 3.59. The van der Waals surface area contributed by atoms with Crippen LogP contribution in [-0.4, -0.2) is 31.3 Å². The Labute approximate surface area is 128 Å². The van der Waals surface area contributed by atoms with Crippen LogP contribution in [0.15, 0.2) is 36.7 Å². The number of aromatic nitrogens is 2. The zero-order valence-corrected chi connectivity index (χ0v) is 12.8. The molecule has 3 rings (SSSR count). The molecule has 0 radical (unpaired) electrons. The molecule has 114 valence electrons. The summed E-state index contributed by atoms with van der Waals surface area (Å²) in [6.07, 6.45) is 4.51. The first-order valence-electron chi connectivity index (χ1n) is 6.96. The van der Waals surface area contributed by atoms with Crippen LogP contribution < -0.4 is 14.2 Å². The van der Waals surface area contributed by atoms with Crippen molar-refractivity contribution >= 4 is 11.0 Å². The van der Waals surface area contributed by atoms with Crippen LogP contribution in [0.3, 0.4) is 0 Å². The van der Waals surface area contributed by atoms with E-state index in [9.17, 15) is 0 Å². The number of hydrogen-bond acceptors (Lipinski definition) is 4. The first-order valence-corrected chi connectivity index (χ1v) is 6.96. The molecule has 0 aliphatic rings. The van der Waals surface area contributed by atoms with Crippen LogP contribution >= 0.6 is 0 Å². The number of hydrogen-bond donors (Lipinski definition) is 1. The second-order valence-electron chi connectivity index (χ2n) is 4.97. The molecule has 0 saturated heterocycles. The van der Waals surface area contributed by atoms with E-state index in [0.717, 1.165) is 28.6 Å². The summed E-state index contributed by atoms with van der Waals surface area (Å²) in [5, 5.41) is 1.10. The zero-order chi connectivity index (χ0) is 15.5. The lowest BCUT2D eigenvalue weighted by molar-refractivity contribution is 0.324. The molecular formula is C17H18N2O3. The van der Waals surface area contributed by atoms with E-state index in [1.807, 2.05) is 30.6 Å². The molecule has 0 atom stereocenters. The molecule has 22 heavy (non-hydrogen) atoms. The van der Waals surface area contributed by atoms with Crippen molar-refractivity contribution in [2.75, 3.05) is 21.3 Å². The number of benzene rings is 1. The van der Waals surface area contributed by atoms with Gasteiger partial charge < -0.3 is 19.2 Å². The Morgan fingerprint density at radius 1 is 0.955 bits per heavy atom. The van der Waals surface area contributed by atoms with Gasteiger partial charge in [-0.2, -0.15) is 0 Å². The number of nitrogens with zero attached hydrogens (tertiary/aromatic N) is 1. The monoisotopic (exact) mass is 298 g/mol. The fourth-order valence-corrected chi connectivity index (χ4v) is 2.56. The highest BCUT2D eigenvalue weighted by Crippen LogP contribution is 2.38. The maximum atomic E-state index is 5.39. The maximum Gasteiger partial charge on any atom is 0.203 e. The Morgan fingerprint density at radius 2 is 1.68 bits per heavy atom. The van der Waals surface area contributed by atoms with Gasteiger partial charge >= 0.3 is 0 Å². The summed E-state index contributed by atoms with van der Waals surface area (Å²) < 4.78 is 16.1. The minimum Gasteiger partial charge on any atom is -0.493 e. The summed E-state index contributed by atoms with van der Waals surface area (Å²) >= 11 is 0. The third-order valence-corrected chi connectivity index (χ3v) is 3.59. The van der Waals surface area contributed by atoms with E-state index in [1.54, 1.807) is 21.3 Å². The van der Waals surface area contributed by atoms with Crippen LogP contribution in [-0.2, 0) is 6.42 Å². The molecule has 0 unspecified atom stereocenters. The van der Waals surface area contributed by atoms with Crippen molar-refractivity contribution in [3.8, 4) is 17.2 Å². The molecule has 0 amide bonds. The fourth-order valence-electron chi connectivity index (χ4n) is 2.56. The molecule has 0 bridgehead atoms. The van der Waals surface area contributed by atoms with Crippen LogP contribution in [0, 0.1) is 0 Å². The summed E-state index contributed by atoms with van der Waals surface area (Å²) in [4.78, 5) is 7.51. The Bertz CT molecular complexity index is 770. The molecule has 5 nitrogen and oxygen atoms in total. The normalized spacial score (nSPS) is 10.7. The standard InChI is InChI=1S/C17H18N2O3/c1-20-14-8-11(9-15(21-2)16(14)22-3)6-12-7-13-4-5-18-17(13)19-10-12/h4-5,7-10H,6H2,1-3H3,(H,18,19). The van der Waals surface area contributed by atoms with Gasteiger partial charge in [0.05, 0.1) is 21.3 Å². The van der Waals surface area contributed by atoms with Gasteiger partial charge in [-0.1, -0.05) is 0 Å². The quantitative estimate of drug-likeness (QED) is 0.786. The van der Waals surface area contributed by atoms with Crippen LogP contribution in [0.25, 0.3) is 11.0 Å². The number of ether oxygens (including phenoxy) is 3. The van der Waals surface area contributed by atoms with Crippen LogP contribution in [0.4, 0.5) is 0 Å². The molecule has 5 heteroatoms. The van der Waals surface area contributed by atoms with Gasteiger partial charge in [0.15, 0.2) is 11.5 Å². The minimum atomic E-state index is 0.605. The van der Waals surface area contributed by atoms with Gasteiger partial charge in [0, 0.05) is 17.8 Å². The summed E-state index contributed by atoms with van der Waals surface area (Å²) in [7, 11) is 4.84. The van der Waals surface area contributed by atoms with Gasteiger partial charge in [0.1, 0.15) is 5.65 Å². The second kappa shape index (κ2) is 5.97. The SMILES string of the molecule is COc1cc(Cc2cnc3[nH]ccc3c2)cc(OC)c1OC. The highest BCUT2D eigenvalue weighted by atomic mass is 16.5. The second-order valence-corrected chi connectivity index (χ2v) is 4.97. The molecule has 3 aromatic rings. The number of pyridine rings is 1. The topological polar surface area (TPSA) is 56.4 Å². The van der Waals surface area contributed by atoms with Gasteiger partial charge in [-0.05, 0) is 41.8 Å². The first-order chi connectivity index (χ1) is 10.7. The van der Waals surface area contributed by atoms with Crippen molar-refractivity contribution in [3.05, 3.63) is 47.8 Å². The van der Waals surface area contributed by atoms with Crippen molar-refractivity contribution in [2.45, 2.75) is 6.42 Å². The number of aromatic amines is 1. The van der Waals surface area contributed by atoms with E-state index >= 15 is 0 Å². The van der Waals surface area contributed by atoms with Crippen LogP contribution in [0.1, 0.15) is 11.1 Å². The van der Waals surface area contributed by atoms with E-state index in [4.69, 9.17) is 14.2 Å². The molecule has 1 N–H and O–H groups in total. The molecule has 2 aromatic heterocycles. The fraction of sp³-hybridized carbons (Fsp3) is 0.235. The van der Waals surface area contributed by atoms with E-state index in [2.05, 4.69) is 16.0 Å². The van der Waals surface area contributed by atoms with Gasteiger partial charge in [0.2, 0.25) is 5.75 Å². The molecular weight excluding hydrogens is 280 g/mol. The molecule has 0 saturated carbocycles. The number of methoxy groups -OCH3 is 3. The van der Waals surface area contributed by atoms with E-state index in [0.29, 0.717) is 17.2 Å². The summed E-state index contributed by atoms with van der Waals surface area (Å²) in [5.74, 6) is 1.92. The highest BCUT2D eigenvalue weighted by molar-refractivity contribution is 5.75. The third kappa shape index (κ3) is 2.57. The molecule has 0 aliphatic heterocycles. The minimum absolute atomic E-state index is 0.605. The van der Waals surface area contributed by atoms with E-state index in [1.165, 1.54) is 0 Å².